The molecule has 6 nitrogen and oxygen atoms in total. The van der Waals surface area contributed by atoms with Crippen LogP contribution in [0.25, 0.3) is 44.4 Å². The summed E-state index contributed by atoms with van der Waals surface area (Å²) in [6, 6.07) is 26.2. The van der Waals surface area contributed by atoms with Crippen LogP contribution in [0.1, 0.15) is 5.56 Å². The normalized spacial score (nSPS) is 11.1. The number of nitrogens with one attached hydrogen (secondary N) is 1. The summed E-state index contributed by atoms with van der Waals surface area (Å²) in [6.07, 6.45) is -3.55. The number of aliphatic carboxylic acids is 1. The highest BCUT2D eigenvalue weighted by atomic mass is 19.4. The van der Waals surface area contributed by atoms with Crippen molar-refractivity contribution in [1.29, 1.82) is 0 Å². The van der Waals surface area contributed by atoms with Crippen LogP contribution in [0.5, 0.6) is 0 Å². The average Bonchev–Trinajstić information content (AvgIpc) is 2.94. The molecule has 0 unspecified atom stereocenters. The largest absolute Gasteiger partial charge is 0.542 e. The number of alkyl halides is 3. The average molecular weight is 535 g/mol. The number of H-pyrrole nitrogens is 1. The Kier molecular flexibility index (Phi) is 7.87. The van der Waals surface area contributed by atoms with Crippen LogP contribution in [0.3, 0.4) is 0 Å². The summed E-state index contributed by atoms with van der Waals surface area (Å²) < 4.78 is 45.0. The van der Waals surface area contributed by atoms with E-state index in [1.165, 1.54) is 12.1 Å². The smallest absolute Gasteiger partial charge is 0.430 e. The third-order valence-corrected chi connectivity index (χ3v) is 5.86. The van der Waals surface area contributed by atoms with Crippen molar-refractivity contribution >= 4 is 16.9 Å². The highest BCUT2D eigenvalue weighted by molar-refractivity contribution is 5.98. The lowest BCUT2D eigenvalue weighted by Crippen LogP contribution is -2.47. The van der Waals surface area contributed by atoms with Gasteiger partial charge in [0.05, 0.1) is 23.1 Å². The number of quaternary nitrogens is 1. The number of carbonyl (C=O) groups excluding carboxylic acids is 1. The minimum Gasteiger partial charge on any atom is -0.542 e. The summed E-state index contributed by atoms with van der Waals surface area (Å²) in [5.74, 6) is -3.32. The number of hydrogen-bond acceptors (Lipinski definition) is 4. The first-order valence-electron chi connectivity index (χ1n) is 11.6. The summed E-state index contributed by atoms with van der Waals surface area (Å²) in [5.41, 5.74) is 10.6. The van der Waals surface area contributed by atoms with E-state index in [4.69, 9.17) is 14.9 Å². The summed E-state index contributed by atoms with van der Waals surface area (Å²) in [6.45, 7) is 0.709. The van der Waals surface area contributed by atoms with Gasteiger partial charge in [0.2, 0.25) is 0 Å². The topological polar surface area (TPSA) is 114 Å². The third-order valence-electron chi connectivity index (χ3n) is 5.86. The Morgan fingerprint density at radius 3 is 2.00 bits per heavy atom. The zero-order valence-corrected chi connectivity index (χ0v) is 20.3. The molecule has 0 bridgehead atoms. The van der Waals surface area contributed by atoms with Crippen molar-refractivity contribution in [1.82, 2.24) is 9.97 Å². The van der Waals surface area contributed by atoms with Gasteiger partial charge in [-0.15, -0.1) is 0 Å². The van der Waals surface area contributed by atoms with Crippen LogP contribution in [0.4, 0.5) is 17.6 Å². The van der Waals surface area contributed by atoms with Crippen molar-refractivity contribution < 1.29 is 33.2 Å². The summed E-state index contributed by atoms with van der Waals surface area (Å²) in [4.78, 5) is 29.4. The quantitative estimate of drug-likeness (QED) is 0.337. The van der Waals surface area contributed by atoms with E-state index in [2.05, 4.69) is 10.7 Å². The van der Waals surface area contributed by atoms with E-state index in [1.807, 2.05) is 60.7 Å². The maximum Gasteiger partial charge on any atom is 0.430 e. The molecule has 0 radical (unpaired) electrons. The number of aromatic amines is 1. The van der Waals surface area contributed by atoms with Gasteiger partial charge in [-0.1, -0.05) is 66.7 Å². The molecule has 0 aliphatic carbocycles. The van der Waals surface area contributed by atoms with Gasteiger partial charge in [0.25, 0.3) is 5.56 Å². The predicted molar refractivity (Wildman–Crippen MR) is 136 cm³/mol. The Morgan fingerprint density at radius 1 is 0.872 bits per heavy atom. The molecule has 0 amide bonds. The molecular weight excluding hydrogens is 514 g/mol. The van der Waals surface area contributed by atoms with E-state index >= 15 is 0 Å². The van der Waals surface area contributed by atoms with Gasteiger partial charge in [0, 0.05) is 28.5 Å². The number of nitrogens with zero attached hydrogens (tertiary/aromatic N) is 1. The van der Waals surface area contributed by atoms with Crippen molar-refractivity contribution in [2.75, 3.05) is 0 Å². The van der Waals surface area contributed by atoms with Crippen LogP contribution in [0.2, 0.25) is 0 Å². The van der Waals surface area contributed by atoms with Gasteiger partial charge < -0.3 is 20.6 Å². The van der Waals surface area contributed by atoms with E-state index in [-0.39, 0.29) is 11.4 Å². The van der Waals surface area contributed by atoms with Crippen molar-refractivity contribution in [2.24, 2.45) is 0 Å². The molecule has 10 heteroatoms. The van der Waals surface area contributed by atoms with Crippen molar-refractivity contribution in [3.63, 3.8) is 0 Å². The van der Waals surface area contributed by atoms with E-state index in [0.29, 0.717) is 17.4 Å². The summed E-state index contributed by atoms with van der Waals surface area (Å²) in [7, 11) is 0. The molecule has 198 valence electrons. The standard InChI is InChI=1S/C27H20FN3O.C2HF3O2/c28-21-12-10-19(11-13-21)24-16-30-27(32)23-14-22(18-4-2-1-3-5-18)25(31-26(23)24)20-8-6-17(15-29)7-9-20;3-2(4,5)1(6)7/h1-14,16H,15,29H2,(H,30,32);(H,6,7). The van der Waals surface area contributed by atoms with Crippen LogP contribution < -0.4 is 16.4 Å². The summed E-state index contributed by atoms with van der Waals surface area (Å²) >= 11 is 0. The zero-order valence-electron chi connectivity index (χ0n) is 20.3. The molecule has 0 spiro atoms. The highest BCUT2D eigenvalue weighted by Gasteiger charge is 2.28. The molecule has 0 fully saturated rings. The minimum absolute atomic E-state index is 0.213. The second-order valence-electron chi connectivity index (χ2n) is 8.42. The van der Waals surface area contributed by atoms with Gasteiger partial charge in [0.1, 0.15) is 11.8 Å². The second-order valence-corrected chi connectivity index (χ2v) is 8.42. The lowest BCUT2D eigenvalue weighted by atomic mass is 9.95. The van der Waals surface area contributed by atoms with E-state index < -0.39 is 12.1 Å². The molecule has 0 aliphatic heterocycles. The Bertz CT molecular complexity index is 1670. The predicted octanol–water partition coefficient (Wildman–Crippen LogP) is 4.10. The van der Waals surface area contributed by atoms with Crippen molar-refractivity contribution in [3.05, 3.63) is 113 Å². The fourth-order valence-electron chi connectivity index (χ4n) is 3.91. The van der Waals surface area contributed by atoms with Gasteiger partial charge in [-0.25, -0.2) is 9.37 Å². The lowest BCUT2D eigenvalue weighted by Gasteiger charge is -2.14. The monoisotopic (exact) mass is 535 g/mol. The first kappa shape index (κ1) is 27.2. The number of carboxylic acid groups (broad SMARTS) is 1. The van der Waals surface area contributed by atoms with Crippen molar-refractivity contribution in [2.45, 2.75) is 12.7 Å². The molecule has 0 saturated carbocycles. The van der Waals surface area contributed by atoms with E-state index in [0.717, 1.165) is 39.1 Å². The fourth-order valence-corrected chi connectivity index (χ4v) is 3.91. The van der Waals surface area contributed by atoms with Crippen LogP contribution >= 0.6 is 0 Å². The SMILES string of the molecule is O=C([O-])C(F)(F)F.[NH3+]Cc1ccc(-c2nc3c(-c4ccc(F)cc4)c[nH]c(=O)c3cc2-c2ccccc2)cc1. The van der Waals surface area contributed by atoms with Gasteiger partial charge in [-0.05, 0) is 29.3 Å². The molecule has 0 atom stereocenters. The second kappa shape index (κ2) is 11.3. The zero-order chi connectivity index (χ0) is 28.2. The molecule has 39 heavy (non-hydrogen) atoms. The Hall–Kier alpha value is -4.83. The number of pyridine rings is 2. The minimum atomic E-state index is -5.19. The molecule has 3 aromatic carbocycles. The number of halogens is 4. The highest BCUT2D eigenvalue weighted by Crippen LogP contribution is 2.35. The Morgan fingerprint density at radius 2 is 1.44 bits per heavy atom. The molecule has 0 saturated heterocycles. The Balaban J connectivity index is 0.000000448. The molecule has 5 aromatic rings. The van der Waals surface area contributed by atoms with Crippen LogP contribution in [0, 0.1) is 5.82 Å². The number of benzene rings is 3. The molecule has 2 heterocycles. The molecular formula is C29H21F4N3O3. The number of aromatic nitrogens is 2. The first-order chi connectivity index (χ1) is 18.6. The van der Waals surface area contributed by atoms with Gasteiger partial charge >= 0.3 is 6.18 Å². The van der Waals surface area contributed by atoms with Crippen LogP contribution in [0.15, 0.2) is 95.9 Å². The molecule has 5 rings (SSSR count). The van der Waals surface area contributed by atoms with Crippen LogP contribution in [-0.4, -0.2) is 22.1 Å². The first-order valence-corrected chi connectivity index (χ1v) is 11.6. The molecule has 0 aliphatic rings. The van der Waals surface area contributed by atoms with Gasteiger partial charge in [-0.2, -0.15) is 13.2 Å². The number of carboxylic acids is 1. The number of hydrogen-bond donors (Lipinski definition) is 2. The molecule has 4 N–H and O–H groups in total. The molecule has 2 aromatic heterocycles. The van der Waals surface area contributed by atoms with Crippen molar-refractivity contribution in [3.8, 4) is 33.5 Å². The summed E-state index contributed by atoms with van der Waals surface area (Å²) in [5, 5.41) is 9.27. The van der Waals surface area contributed by atoms with E-state index in [9.17, 15) is 22.4 Å². The number of carbonyl (C=O) groups is 1. The van der Waals surface area contributed by atoms with Gasteiger partial charge in [-0.3, -0.25) is 4.79 Å². The van der Waals surface area contributed by atoms with E-state index in [1.54, 1.807) is 18.3 Å². The maximum absolute atomic E-state index is 13.5. The maximum atomic E-state index is 13.5. The Labute approximate surface area is 219 Å². The van der Waals surface area contributed by atoms with Crippen LogP contribution in [-0.2, 0) is 11.3 Å². The van der Waals surface area contributed by atoms with Gasteiger partial charge in [0.15, 0.2) is 0 Å². The number of fused-ring (bicyclic) bond motifs is 1. The third kappa shape index (κ3) is 6.19. The fraction of sp³-hybridized carbons (Fsp3) is 0.0690. The lowest BCUT2D eigenvalue weighted by molar-refractivity contribution is -0.386. The number of rotatable bonds is 4.